The van der Waals surface area contributed by atoms with E-state index in [0.29, 0.717) is 30.7 Å². The normalized spacial score (nSPS) is 25.1. The first-order valence-corrected chi connectivity index (χ1v) is 13.8. The SMILES string of the molecule is CC(=O)Nc1ccn(C(=O)N2CCC3(CCCN3Cc3ccc(Cl)cc3N3CC4COCC4C3)CC2)n1. The summed E-state index contributed by atoms with van der Waals surface area (Å²) in [4.78, 5) is 31.4. The van der Waals surface area contributed by atoms with Crippen LogP contribution in [0.15, 0.2) is 30.5 Å². The van der Waals surface area contributed by atoms with Crippen LogP contribution in [0.3, 0.4) is 0 Å². The molecule has 4 aliphatic heterocycles. The minimum atomic E-state index is -0.204. The summed E-state index contributed by atoms with van der Waals surface area (Å²) in [5, 5.41) is 7.63. The number of nitrogens with one attached hydrogen (secondary N) is 1. The van der Waals surface area contributed by atoms with Crippen molar-refractivity contribution < 1.29 is 14.3 Å². The first-order chi connectivity index (χ1) is 17.9. The van der Waals surface area contributed by atoms with Gasteiger partial charge in [0.25, 0.3) is 0 Å². The lowest BCUT2D eigenvalue weighted by atomic mass is 9.84. The van der Waals surface area contributed by atoms with Gasteiger partial charge in [-0.1, -0.05) is 17.7 Å². The zero-order valence-electron chi connectivity index (χ0n) is 21.4. The molecule has 2 atom stereocenters. The van der Waals surface area contributed by atoms with Crippen molar-refractivity contribution in [3.05, 3.63) is 41.0 Å². The number of carbonyl (C=O) groups is 2. The lowest BCUT2D eigenvalue weighted by Gasteiger charge is -2.45. The van der Waals surface area contributed by atoms with E-state index in [1.807, 2.05) is 11.0 Å². The van der Waals surface area contributed by atoms with Gasteiger partial charge in [-0.2, -0.15) is 4.68 Å². The third-order valence-electron chi connectivity index (χ3n) is 8.78. The second-order valence-electron chi connectivity index (χ2n) is 11.1. The van der Waals surface area contributed by atoms with Gasteiger partial charge < -0.3 is 19.9 Å². The van der Waals surface area contributed by atoms with Gasteiger partial charge in [0.2, 0.25) is 5.91 Å². The van der Waals surface area contributed by atoms with Crippen LogP contribution >= 0.6 is 11.6 Å². The van der Waals surface area contributed by atoms with Gasteiger partial charge in [0, 0.05) is 80.0 Å². The van der Waals surface area contributed by atoms with Crippen molar-refractivity contribution in [3.63, 3.8) is 0 Å². The molecule has 1 N–H and O–H groups in total. The largest absolute Gasteiger partial charge is 0.381 e. The van der Waals surface area contributed by atoms with Gasteiger partial charge in [-0.3, -0.25) is 9.69 Å². The highest BCUT2D eigenvalue weighted by Gasteiger charge is 2.44. The highest BCUT2D eigenvalue weighted by Crippen LogP contribution is 2.42. The molecule has 9 nitrogen and oxygen atoms in total. The van der Waals surface area contributed by atoms with Gasteiger partial charge in [-0.25, -0.2) is 4.79 Å². The Balaban J connectivity index is 1.13. The molecule has 37 heavy (non-hydrogen) atoms. The number of aromatic nitrogens is 2. The van der Waals surface area contributed by atoms with Gasteiger partial charge in [-0.15, -0.1) is 5.10 Å². The zero-order valence-corrected chi connectivity index (χ0v) is 22.1. The van der Waals surface area contributed by atoms with Gasteiger partial charge in [-0.05, 0) is 49.9 Å². The Morgan fingerprint density at radius 3 is 2.59 bits per heavy atom. The number of rotatable bonds is 4. The molecule has 0 radical (unpaired) electrons. The van der Waals surface area contributed by atoms with Gasteiger partial charge in [0.05, 0.1) is 13.2 Å². The fourth-order valence-corrected chi connectivity index (χ4v) is 6.96. The Morgan fingerprint density at radius 1 is 1.11 bits per heavy atom. The van der Waals surface area contributed by atoms with Crippen LogP contribution in [0.2, 0.25) is 5.02 Å². The summed E-state index contributed by atoms with van der Waals surface area (Å²) in [6.45, 7) is 8.63. The number of piperidine rings is 1. The molecule has 0 bridgehead atoms. The van der Waals surface area contributed by atoms with Crippen LogP contribution in [0.4, 0.5) is 16.3 Å². The first-order valence-electron chi connectivity index (χ1n) is 13.4. The van der Waals surface area contributed by atoms with E-state index in [1.54, 1.807) is 12.3 Å². The molecular weight excluding hydrogens is 492 g/mol. The Kier molecular flexibility index (Phi) is 6.63. The van der Waals surface area contributed by atoms with E-state index >= 15 is 0 Å². The van der Waals surface area contributed by atoms with Crippen LogP contribution in [-0.2, 0) is 16.1 Å². The molecule has 198 valence electrons. The van der Waals surface area contributed by atoms with Crippen LogP contribution in [0.25, 0.3) is 0 Å². The molecule has 0 aliphatic carbocycles. The topological polar surface area (TPSA) is 82.9 Å². The molecule has 4 fully saturated rings. The number of fused-ring (bicyclic) bond motifs is 1. The Bertz CT molecular complexity index is 1160. The molecule has 1 aromatic carbocycles. The number of nitrogens with zero attached hydrogens (tertiary/aromatic N) is 5. The van der Waals surface area contributed by atoms with E-state index in [-0.39, 0.29) is 17.5 Å². The smallest absolute Gasteiger partial charge is 0.344 e. The lowest BCUT2D eigenvalue weighted by Crippen LogP contribution is -2.53. The summed E-state index contributed by atoms with van der Waals surface area (Å²) < 4.78 is 7.02. The summed E-state index contributed by atoms with van der Waals surface area (Å²) in [6.07, 6.45) is 5.86. The highest BCUT2D eigenvalue weighted by molar-refractivity contribution is 6.30. The van der Waals surface area contributed by atoms with Crippen molar-refractivity contribution in [2.75, 3.05) is 56.2 Å². The van der Waals surface area contributed by atoms with E-state index < -0.39 is 0 Å². The maximum absolute atomic E-state index is 13.1. The first kappa shape index (κ1) is 24.7. The molecule has 4 aliphatic rings. The molecule has 4 saturated heterocycles. The Morgan fingerprint density at radius 2 is 1.86 bits per heavy atom. The molecule has 2 unspecified atom stereocenters. The number of carbonyl (C=O) groups excluding carboxylic acids is 2. The standard InChI is InChI=1S/C27H35ClN6O3/c1-19(35)29-25-5-10-34(30-25)26(36)31-11-7-27(8-12-31)6-2-9-33(27)16-20-3-4-23(28)13-24(20)32-14-21-17-37-18-22(21)15-32/h3-5,10,13,21-22H,2,6-9,11-12,14-18H2,1H3,(H,29,30,35). The van der Waals surface area contributed by atoms with Crippen molar-refractivity contribution in [2.45, 2.75) is 44.7 Å². The van der Waals surface area contributed by atoms with Crippen molar-refractivity contribution in [3.8, 4) is 0 Å². The minimum Gasteiger partial charge on any atom is -0.381 e. The number of amides is 2. The number of likely N-dealkylation sites (tertiary alicyclic amines) is 2. The maximum atomic E-state index is 13.1. The predicted molar refractivity (Wildman–Crippen MR) is 142 cm³/mol. The molecule has 10 heteroatoms. The minimum absolute atomic E-state index is 0.120. The third-order valence-corrected chi connectivity index (χ3v) is 9.02. The number of ether oxygens (including phenoxy) is 1. The van der Waals surface area contributed by atoms with E-state index in [0.717, 1.165) is 63.7 Å². The van der Waals surface area contributed by atoms with Crippen LogP contribution in [0, 0.1) is 11.8 Å². The second kappa shape index (κ2) is 9.93. The van der Waals surface area contributed by atoms with E-state index in [2.05, 4.69) is 32.3 Å². The van der Waals surface area contributed by atoms with Gasteiger partial charge in [0.1, 0.15) is 0 Å². The number of benzene rings is 1. The molecule has 5 heterocycles. The van der Waals surface area contributed by atoms with Crippen LogP contribution in [0.1, 0.15) is 38.2 Å². The van der Waals surface area contributed by atoms with E-state index in [9.17, 15) is 9.59 Å². The number of hydrogen-bond acceptors (Lipinski definition) is 6. The van der Waals surface area contributed by atoms with E-state index in [4.69, 9.17) is 16.3 Å². The number of halogens is 1. The van der Waals surface area contributed by atoms with Gasteiger partial charge >= 0.3 is 6.03 Å². The summed E-state index contributed by atoms with van der Waals surface area (Å²) in [7, 11) is 0. The van der Waals surface area contributed by atoms with Crippen molar-refractivity contribution >= 4 is 35.0 Å². The average Bonchev–Trinajstić information content (AvgIpc) is 3.65. The van der Waals surface area contributed by atoms with Crippen molar-refractivity contribution in [1.29, 1.82) is 0 Å². The second-order valence-corrected chi connectivity index (χ2v) is 11.5. The average molecular weight is 527 g/mol. The van der Waals surface area contributed by atoms with Crippen molar-refractivity contribution in [2.24, 2.45) is 11.8 Å². The Hall–Kier alpha value is -2.62. The van der Waals surface area contributed by atoms with Crippen LogP contribution in [-0.4, -0.2) is 83.0 Å². The zero-order chi connectivity index (χ0) is 25.6. The van der Waals surface area contributed by atoms with Crippen molar-refractivity contribution in [1.82, 2.24) is 19.6 Å². The molecule has 1 spiro atoms. The monoisotopic (exact) mass is 526 g/mol. The summed E-state index contributed by atoms with van der Waals surface area (Å²) in [6, 6.07) is 7.87. The molecule has 2 amide bonds. The van der Waals surface area contributed by atoms with Gasteiger partial charge in [0.15, 0.2) is 5.82 Å². The maximum Gasteiger partial charge on any atom is 0.344 e. The summed E-state index contributed by atoms with van der Waals surface area (Å²) >= 11 is 6.47. The molecule has 0 saturated carbocycles. The van der Waals surface area contributed by atoms with E-state index in [1.165, 1.54) is 29.3 Å². The quantitative estimate of drug-likeness (QED) is 0.654. The van der Waals surface area contributed by atoms with Crippen LogP contribution in [0.5, 0.6) is 0 Å². The predicted octanol–water partition coefficient (Wildman–Crippen LogP) is 3.68. The number of hydrogen-bond donors (Lipinski definition) is 1. The molecule has 2 aromatic rings. The lowest BCUT2D eigenvalue weighted by molar-refractivity contribution is -0.114. The fraction of sp³-hybridized carbons (Fsp3) is 0.593. The number of anilines is 2. The molecule has 1 aromatic heterocycles. The van der Waals surface area contributed by atoms with Crippen LogP contribution < -0.4 is 10.2 Å². The molecular formula is C27H35ClN6O3. The highest BCUT2D eigenvalue weighted by atomic mass is 35.5. The summed E-state index contributed by atoms with van der Waals surface area (Å²) in [5.74, 6) is 1.43. The fourth-order valence-electron chi connectivity index (χ4n) is 6.80. The summed E-state index contributed by atoms with van der Waals surface area (Å²) in [5.41, 5.74) is 2.73. The third kappa shape index (κ3) is 4.84. The molecule has 6 rings (SSSR count). The Labute approximate surface area is 222 Å².